The third-order valence-corrected chi connectivity index (χ3v) is 4.65. The van der Waals surface area contributed by atoms with Crippen LogP contribution in [-0.2, 0) is 18.2 Å². The second-order valence-electron chi connectivity index (χ2n) is 6.20. The molecule has 2 aromatic rings. The van der Waals surface area contributed by atoms with E-state index in [0.717, 1.165) is 24.4 Å². The summed E-state index contributed by atoms with van der Waals surface area (Å²) >= 11 is 0. The van der Waals surface area contributed by atoms with Gasteiger partial charge in [-0.3, -0.25) is 9.69 Å². The quantitative estimate of drug-likeness (QED) is 0.861. The van der Waals surface area contributed by atoms with Crippen LogP contribution in [0.4, 0.5) is 0 Å². The molecule has 2 N–H and O–H groups in total. The molecule has 1 aliphatic heterocycles. The minimum atomic E-state index is -0.105. The van der Waals surface area contributed by atoms with Crippen LogP contribution in [0.5, 0.6) is 0 Å². The molecule has 0 radical (unpaired) electrons. The molecule has 1 amide bonds. The number of likely N-dealkylation sites (N-methyl/N-ethyl adjacent to an activating group) is 1. The van der Waals surface area contributed by atoms with E-state index in [9.17, 15) is 4.79 Å². The fraction of sp³-hybridized carbons (Fsp3) is 0.529. The summed E-state index contributed by atoms with van der Waals surface area (Å²) in [4.78, 5) is 22.0. The van der Waals surface area contributed by atoms with Crippen molar-refractivity contribution < 1.29 is 9.53 Å². The number of hydrogen-bond donors (Lipinski definition) is 2. The fourth-order valence-corrected chi connectivity index (χ4v) is 3.30. The van der Waals surface area contributed by atoms with E-state index < -0.39 is 0 Å². The van der Waals surface area contributed by atoms with E-state index in [2.05, 4.69) is 27.2 Å². The summed E-state index contributed by atoms with van der Waals surface area (Å²) < 4.78 is 7.96. The Morgan fingerprint density at radius 1 is 1.50 bits per heavy atom. The van der Waals surface area contributed by atoms with Crippen LogP contribution in [0.15, 0.2) is 24.8 Å². The highest BCUT2D eigenvalue weighted by Gasteiger charge is 2.33. The molecule has 2 aromatic heterocycles. The number of morpholine rings is 1. The molecule has 24 heavy (non-hydrogen) atoms. The van der Waals surface area contributed by atoms with Gasteiger partial charge in [-0.15, -0.1) is 0 Å². The summed E-state index contributed by atoms with van der Waals surface area (Å²) in [5.41, 5.74) is 2.75. The zero-order valence-electron chi connectivity index (χ0n) is 14.5. The van der Waals surface area contributed by atoms with Crippen molar-refractivity contribution in [2.75, 3.05) is 26.7 Å². The van der Waals surface area contributed by atoms with Gasteiger partial charge in [-0.05, 0) is 19.5 Å². The number of aromatic amines is 1. The van der Waals surface area contributed by atoms with Gasteiger partial charge >= 0.3 is 0 Å². The van der Waals surface area contributed by atoms with Crippen LogP contribution in [0.2, 0.25) is 0 Å². The molecular formula is C17H25N5O2. The summed E-state index contributed by atoms with van der Waals surface area (Å²) in [5, 5.41) is 3.02. The number of nitrogens with zero attached hydrogens (tertiary/aromatic N) is 3. The Kier molecular flexibility index (Phi) is 5.01. The lowest BCUT2D eigenvalue weighted by Gasteiger charge is -2.39. The molecule has 0 unspecified atom stereocenters. The summed E-state index contributed by atoms with van der Waals surface area (Å²) in [6.07, 6.45) is 6.16. The van der Waals surface area contributed by atoms with Crippen molar-refractivity contribution in [2.45, 2.75) is 25.5 Å². The first-order chi connectivity index (χ1) is 11.6. The number of carbonyl (C=O) groups excluding carboxylic acids is 1. The SMILES string of the molecule is CCc1[nH]ccc1C(=O)NC[C@@H]1OCCN(C)[C@H]1c1cncn1C. The normalized spacial score (nSPS) is 21.8. The smallest absolute Gasteiger partial charge is 0.253 e. The van der Waals surface area contributed by atoms with E-state index in [4.69, 9.17) is 4.74 Å². The molecule has 3 rings (SSSR count). The Morgan fingerprint density at radius 2 is 2.33 bits per heavy atom. The standard InChI is InChI=1S/C17H25N5O2/c1-4-13-12(5-6-19-13)17(23)20-10-15-16(21(2)7-8-24-15)14-9-18-11-22(14)3/h5-6,9,11,15-16,19H,4,7-8,10H2,1-3H3,(H,20,23)/t15-,16-/m0/s1. The minimum absolute atomic E-state index is 0.0614. The molecule has 1 aliphatic rings. The van der Waals surface area contributed by atoms with Crippen molar-refractivity contribution in [3.8, 4) is 0 Å². The maximum absolute atomic E-state index is 12.5. The van der Waals surface area contributed by atoms with Gasteiger partial charge in [0.1, 0.15) is 0 Å². The Labute approximate surface area is 142 Å². The third-order valence-electron chi connectivity index (χ3n) is 4.65. The molecule has 3 heterocycles. The largest absolute Gasteiger partial charge is 0.373 e. The van der Waals surface area contributed by atoms with E-state index in [0.29, 0.717) is 18.7 Å². The average Bonchev–Trinajstić information content (AvgIpc) is 3.21. The lowest BCUT2D eigenvalue weighted by Crippen LogP contribution is -2.48. The van der Waals surface area contributed by atoms with Crippen molar-refractivity contribution in [1.82, 2.24) is 24.8 Å². The highest BCUT2D eigenvalue weighted by molar-refractivity contribution is 5.95. The van der Waals surface area contributed by atoms with Gasteiger partial charge in [0, 0.05) is 38.2 Å². The molecule has 0 aliphatic carbocycles. The van der Waals surface area contributed by atoms with E-state index >= 15 is 0 Å². The first-order valence-electron chi connectivity index (χ1n) is 8.34. The van der Waals surface area contributed by atoms with Crippen LogP contribution in [-0.4, -0.2) is 58.2 Å². The minimum Gasteiger partial charge on any atom is -0.373 e. The molecule has 0 aromatic carbocycles. The highest BCUT2D eigenvalue weighted by atomic mass is 16.5. The van der Waals surface area contributed by atoms with Gasteiger partial charge in [0.15, 0.2) is 0 Å². The molecule has 0 saturated carbocycles. The lowest BCUT2D eigenvalue weighted by molar-refractivity contribution is -0.0626. The predicted octanol–water partition coefficient (Wildman–Crippen LogP) is 1.11. The molecule has 7 heteroatoms. The number of imidazole rings is 1. The van der Waals surface area contributed by atoms with Crippen molar-refractivity contribution in [3.05, 3.63) is 41.7 Å². The maximum Gasteiger partial charge on any atom is 0.253 e. The third kappa shape index (κ3) is 3.22. The van der Waals surface area contributed by atoms with E-state index in [1.165, 1.54) is 0 Å². The maximum atomic E-state index is 12.5. The summed E-state index contributed by atoms with van der Waals surface area (Å²) in [7, 11) is 4.06. The van der Waals surface area contributed by atoms with E-state index in [1.807, 2.05) is 30.8 Å². The summed E-state index contributed by atoms with van der Waals surface area (Å²) in [6.45, 7) is 4.02. The number of nitrogens with one attached hydrogen (secondary N) is 2. The molecular weight excluding hydrogens is 306 g/mol. The predicted molar refractivity (Wildman–Crippen MR) is 90.8 cm³/mol. The Morgan fingerprint density at radius 3 is 3.04 bits per heavy atom. The second kappa shape index (κ2) is 7.19. The second-order valence-corrected chi connectivity index (χ2v) is 6.20. The van der Waals surface area contributed by atoms with Crippen molar-refractivity contribution in [1.29, 1.82) is 0 Å². The number of aryl methyl sites for hydroxylation is 2. The fourth-order valence-electron chi connectivity index (χ4n) is 3.30. The van der Waals surface area contributed by atoms with E-state index in [-0.39, 0.29) is 18.1 Å². The van der Waals surface area contributed by atoms with Crippen molar-refractivity contribution in [3.63, 3.8) is 0 Å². The van der Waals surface area contributed by atoms with Gasteiger partial charge in [-0.1, -0.05) is 6.92 Å². The highest BCUT2D eigenvalue weighted by Crippen LogP contribution is 2.27. The van der Waals surface area contributed by atoms with Crippen LogP contribution in [0.1, 0.15) is 34.7 Å². The zero-order chi connectivity index (χ0) is 17.1. The first-order valence-corrected chi connectivity index (χ1v) is 8.34. The molecule has 0 spiro atoms. The average molecular weight is 331 g/mol. The zero-order valence-corrected chi connectivity index (χ0v) is 14.5. The summed E-state index contributed by atoms with van der Waals surface area (Å²) in [5.74, 6) is -0.0614. The number of rotatable bonds is 5. The van der Waals surface area contributed by atoms with Gasteiger partial charge in [0.25, 0.3) is 5.91 Å². The Balaban J connectivity index is 1.70. The molecule has 2 atom stereocenters. The van der Waals surface area contributed by atoms with Gasteiger partial charge in [0.2, 0.25) is 0 Å². The lowest BCUT2D eigenvalue weighted by atomic mass is 10.0. The molecule has 0 bridgehead atoms. The number of aromatic nitrogens is 3. The van der Waals surface area contributed by atoms with Crippen LogP contribution in [0.3, 0.4) is 0 Å². The van der Waals surface area contributed by atoms with Gasteiger partial charge in [0.05, 0.1) is 36.3 Å². The molecule has 130 valence electrons. The van der Waals surface area contributed by atoms with Gasteiger partial charge in [-0.2, -0.15) is 0 Å². The number of ether oxygens (including phenoxy) is 1. The number of H-pyrrole nitrogens is 1. The topological polar surface area (TPSA) is 75.2 Å². The van der Waals surface area contributed by atoms with Gasteiger partial charge in [-0.25, -0.2) is 4.98 Å². The molecule has 7 nitrogen and oxygen atoms in total. The van der Waals surface area contributed by atoms with Crippen molar-refractivity contribution >= 4 is 5.91 Å². The van der Waals surface area contributed by atoms with Crippen LogP contribution in [0, 0.1) is 0 Å². The Bertz CT molecular complexity index is 693. The number of hydrogen-bond acceptors (Lipinski definition) is 4. The van der Waals surface area contributed by atoms with Crippen LogP contribution < -0.4 is 5.32 Å². The number of carbonyl (C=O) groups is 1. The molecule has 1 saturated heterocycles. The number of amides is 1. The van der Waals surface area contributed by atoms with E-state index in [1.54, 1.807) is 12.5 Å². The van der Waals surface area contributed by atoms with Crippen LogP contribution in [0.25, 0.3) is 0 Å². The Hall–Kier alpha value is -2.12. The summed E-state index contributed by atoms with van der Waals surface area (Å²) in [6, 6.07) is 1.89. The monoisotopic (exact) mass is 331 g/mol. The van der Waals surface area contributed by atoms with Crippen LogP contribution >= 0.6 is 0 Å². The van der Waals surface area contributed by atoms with Crippen molar-refractivity contribution in [2.24, 2.45) is 7.05 Å². The first kappa shape index (κ1) is 16.7. The van der Waals surface area contributed by atoms with Gasteiger partial charge < -0.3 is 19.6 Å². The molecule has 1 fully saturated rings.